The predicted octanol–water partition coefficient (Wildman–Crippen LogP) is 3.54. The molecule has 0 bridgehead atoms. The van der Waals surface area contributed by atoms with Crippen LogP contribution >= 0.6 is 0 Å². The second-order valence-electron chi connectivity index (χ2n) is 4.93. The van der Waals surface area contributed by atoms with Gasteiger partial charge in [0.1, 0.15) is 6.61 Å². The maximum Gasteiger partial charge on any atom is 0.108 e. The Kier molecular flexibility index (Phi) is 5.00. The summed E-state index contributed by atoms with van der Waals surface area (Å²) in [7, 11) is 0. The highest BCUT2D eigenvalue weighted by molar-refractivity contribution is 5.37. The Morgan fingerprint density at radius 3 is 2.41 bits per heavy atom. The minimum Gasteiger partial charge on any atom is -0.365 e. The monoisotopic (exact) mass is 228 g/mol. The van der Waals surface area contributed by atoms with Crippen molar-refractivity contribution in [1.82, 2.24) is 0 Å². The van der Waals surface area contributed by atoms with Crippen LogP contribution in [0.5, 0.6) is 0 Å². The van der Waals surface area contributed by atoms with Gasteiger partial charge in [-0.2, -0.15) is 0 Å². The van der Waals surface area contributed by atoms with Crippen molar-refractivity contribution in [3.05, 3.63) is 48.0 Å². The van der Waals surface area contributed by atoms with Crippen LogP contribution in [0, 0.1) is 11.8 Å². The van der Waals surface area contributed by atoms with Gasteiger partial charge in [0.05, 0.1) is 6.61 Å². The quantitative estimate of drug-likeness (QED) is 0.437. The Morgan fingerprint density at radius 1 is 1.24 bits per heavy atom. The molecule has 0 spiro atoms. The molecule has 0 saturated heterocycles. The van der Waals surface area contributed by atoms with Gasteiger partial charge in [-0.25, -0.2) is 0 Å². The molecule has 90 valence electrons. The van der Waals surface area contributed by atoms with Gasteiger partial charge in [0, 0.05) is 5.56 Å². The average molecular weight is 228 g/mol. The first-order valence-electron chi connectivity index (χ1n) is 5.82. The molecule has 1 nitrogen and oxygen atoms in total. The van der Waals surface area contributed by atoms with E-state index in [0.29, 0.717) is 13.2 Å². The number of hydrogen-bond donors (Lipinski definition) is 0. The summed E-state index contributed by atoms with van der Waals surface area (Å²) in [6, 6.07) is 8.38. The summed E-state index contributed by atoms with van der Waals surface area (Å²) in [4.78, 5) is 0. The SMILES string of the molecule is C=CCOCC#Cc1ccc(C(C)(C)C)cc1. The van der Waals surface area contributed by atoms with Crippen molar-refractivity contribution < 1.29 is 4.74 Å². The molecule has 0 amide bonds. The summed E-state index contributed by atoms with van der Waals surface area (Å²) in [5.74, 6) is 6.05. The van der Waals surface area contributed by atoms with Crippen LogP contribution in [-0.2, 0) is 10.2 Å². The summed E-state index contributed by atoms with van der Waals surface area (Å²) in [5, 5.41) is 0. The largest absolute Gasteiger partial charge is 0.365 e. The van der Waals surface area contributed by atoms with E-state index < -0.39 is 0 Å². The average Bonchev–Trinajstić information content (AvgIpc) is 2.28. The molecule has 0 heterocycles. The molecule has 0 fully saturated rings. The highest BCUT2D eigenvalue weighted by Crippen LogP contribution is 2.21. The summed E-state index contributed by atoms with van der Waals surface area (Å²) in [6.07, 6.45) is 1.72. The maximum absolute atomic E-state index is 5.19. The van der Waals surface area contributed by atoms with E-state index in [4.69, 9.17) is 4.74 Å². The zero-order valence-electron chi connectivity index (χ0n) is 10.9. The number of benzene rings is 1. The topological polar surface area (TPSA) is 9.23 Å². The van der Waals surface area contributed by atoms with Crippen LogP contribution in [0.3, 0.4) is 0 Å². The number of hydrogen-bond acceptors (Lipinski definition) is 1. The van der Waals surface area contributed by atoms with Crippen LogP contribution in [-0.4, -0.2) is 13.2 Å². The summed E-state index contributed by atoms with van der Waals surface area (Å²) >= 11 is 0. The van der Waals surface area contributed by atoms with Gasteiger partial charge in [-0.15, -0.1) is 6.58 Å². The normalized spacial score (nSPS) is 10.5. The molecular formula is C16H20O. The molecule has 0 radical (unpaired) electrons. The minimum absolute atomic E-state index is 0.193. The van der Waals surface area contributed by atoms with Crippen molar-refractivity contribution in [2.24, 2.45) is 0 Å². The number of rotatable bonds is 3. The fourth-order valence-corrected chi connectivity index (χ4v) is 1.38. The van der Waals surface area contributed by atoms with Gasteiger partial charge < -0.3 is 4.74 Å². The fraction of sp³-hybridized carbons (Fsp3) is 0.375. The molecule has 0 aliphatic carbocycles. The van der Waals surface area contributed by atoms with Gasteiger partial charge in [0.2, 0.25) is 0 Å². The third-order valence-electron chi connectivity index (χ3n) is 2.39. The second kappa shape index (κ2) is 6.27. The smallest absolute Gasteiger partial charge is 0.108 e. The highest BCUT2D eigenvalue weighted by Gasteiger charge is 2.12. The van der Waals surface area contributed by atoms with Crippen molar-refractivity contribution in [2.75, 3.05) is 13.2 Å². The molecule has 1 heteroatoms. The van der Waals surface area contributed by atoms with Crippen molar-refractivity contribution in [3.8, 4) is 11.8 Å². The zero-order chi connectivity index (χ0) is 12.7. The van der Waals surface area contributed by atoms with E-state index in [1.54, 1.807) is 6.08 Å². The van der Waals surface area contributed by atoms with Crippen LogP contribution in [0.4, 0.5) is 0 Å². The third kappa shape index (κ3) is 4.89. The van der Waals surface area contributed by atoms with Crippen LogP contribution < -0.4 is 0 Å². The standard InChI is InChI=1S/C16H20O/c1-5-12-17-13-6-7-14-8-10-15(11-9-14)16(2,3)4/h5,8-11H,1,12-13H2,2-4H3. The molecule has 0 unspecified atom stereocenters. The van der Waals surface area contributed by atoms with Gasteiger partial charge in [-0.05, 0) is 23.1 Å². The molecule has 0 atom stereocenters. The first-order valence-corrected chi connectivity index (χ1v) is 5.82. The van der Waals surface area contributed by atoms with Gasteiger partial charge in [-0.1, -0.05) is 50.8 Å². The molecule has 0 aliphatic heterocycles. The molecule has 0 saturated carbocycles. The van der Waals surface area contributed by atoms with Gasteiger partial charge >= 0.3 is 0 Å². The Balaban J connectivity index is 2.59. The molecule has 1 aromatic rings. The first kappa shape index (κ1) is 13.5. The summed E-state index contributed by atoms with van der Waals surface area (Å²) in [6.45, 7) is 11.2. The van der Waals surface area contributed by atoms with E-state index in [1.165, 1.54) is 5.56 Å². The Morgan fingerprint density at radius 2 is 1.88 bits per heavy atom. The molecule has 0 aromatic heterocycles. The van der Waals surface area contributed by atoms with Crippen LogP contribution in [0.2, 0.25) is 0 Å². The lowest BCUT2D eigenvalue weighted by molar-refractivity contribution is 0.199. The summed E-state index contributed by atoms with van der Waals surface area (Å²) < 4.78 is 5.19. The molecule has 0 aliphatic rings. The van der Waals surface area contributed by atoms with Gasteiger partial charge in [0.15, 0.2) is 0 Å². The minimum atomic E-state index is 0.193. The lowest BCUT2D eigenvalue weighted by Gasteiger charge is -2.18. The van der Waals surface area contributed by atoms with Crippen molar-refractivity contribution in [1.29, 1.82) is 0 Å². The Labute approximate surface area is 105 Å². The zero-order valence-corrected chi connectivity index (χ0v) is 10.9. The molecule has 1 rings (SSSR count). The number of ether oxygens (including phenoxy) is 1. The second-order valence-corrected chi connectivity index (χ2v) is 4.93. The molecule has 17 heavy (non-hydrogen) atoms. The lowest BCUT2D eigenvalue weighted by Crippen LogP contribution is -2.10. The molecule has 1 aromatic carbocycles. The van der Waals surface area contributed by atoms with Crippen LogP contribution in [0.15, 0.2) is 36.9 Å². The Bertz CT molecular complexity index is 410. The van der Waals surface area contributed by atoms with Crippen molar-refractivity contribution in [3.63, 3.8) is 0 Å². The van der Waals surface area contributed by atoms with Crippen molar-refractivity contribution >= 4 is 0 Å². The summed E-state index contributed by atoms with van der Waals surface area (Å²) in [5.41, 5.74) is 2.55. The van der Waals surface area contributed by atoms with Gasteiger partial charge in [0.25, 0.3) is 0 Å². The third-order valence-corrected chi connectivity index (χ3v) is 2.39. The Hall–Kier alpha value is -1.52. The molecular weight excluding hydrogens is 208 g/mol. The van der Waals surface area contributed by atoms with E-state index in [-0.39, 0.29) is 5.41 Å². The van der Waals surface area contributed by atoms with Crippen LogP contribution in [0.25, 0.3) is 0 Å². The van der Waals surface area contributed by atoms with Crippen LogP contribution in [0.1, 0.15) is 31.9 Å². The van der Waals surface area contributed by atoms with Gasteiger partial charge in [-0.3, -0.25) is 0 Å². The predicted molar refractivity (Wildman–Crippen MR) is 73.0 cm³/mol. The maximum atomic E-state index is 5.19. The molecule has 0 N–H and O–H groups in total. The van der Waals surface area contributed by atoms with E-state index in [1.807, 2.05) is 0 Å². The highest BCUT2D eigenvalue weighted by atomic mass is 16.5. The first-order chi connectivity index (χ1) is 8.04. The van der Waals surface area contributed by atoms with E-state index in [0.717, 1.165) is 5.56 Å². The fourth-order valence-electron chi connectivity index (χ4n) is 1.38. The lowest BCUT2D eigenvalue weighted by atomic mass is 9.87. The van der Waals surface area contributed by atoms with E-state index in [2.05, 4.69) is 63.5 Å². The van der Waals surface area contributed by atoms with E-state index in [9.17, 15) is 0 Å². The van der Waals surface area contributed by atoms with E-state index >= 15 is 0 Å². The van der Waals surface area contributed by atoms with Crippen molar-refractivity contribution in [2.45, 2.75) is 26.2 Å².